The zero-order valence-corrected chi connectivity index (χ0v) is 13.7. The van der Waals surface area contributed by atoms with Gasteiger partial charge in [0.05, 0.1) is 16.0 Å². The van der Waals surface area contributed by atoms with Gasteiger partial charge in [0.25, 0.3) is 0 Å². The monoisotopic (exact) mass is 369 g/mol. The SMILES string of the molecule is O=C(O)C1CCC(NS(=O)(=O)c2c(Cl)cc(F)cc2Cl)CC1. The molecule has 1 fully saturated rings. The molecule has 1 saturated carbocycles. The fraction of sp³-hybridized carbons (Fsp3) is 0.462. The van der Waals surface area contributed by atoms with Gasteiger partial charge in [0.15, 0.2) is 0 Å². The molecule has 0 spiro atoms. The van der Waals surface area contributed by atoms with Gasteiger partial charge in [0.1, 0.15) is 10.7 Å². The Kier molecular flexibility index (Phi) is 5.32. The predicted octanol–water partition coefficient (Wildman–Crippen LogP) is 3.05. The Balaban J connectivity index is 2.15. The van der Waals surface area contributed by atoms with E-state index in [-0.39, 0.29) is 14.9 Å². The summed E-state index contributed by atoms with van der Waals surface area (Å²) in [5, 5.41) is 8.34. The lowest BCUT2D eigenvalue weighted by atomic mass is 9.87. The highest BCUT2D eigenvalue weighted by Crippen LogP contribution is 2.32. The maximum atomic E-state index is 13.1. The number of nitrogens with one attached hydrogen (secondary N) is 1. The molecule has 0 bridgehead atoms. The van der Waals surface area contributed by atoms with Crippen molar-refractivity contribution in [3.05, 3.63) is 28.0 Å². The summed E-state index contributed by atoms with van der Waals surface area (Å²) in [4.78, 5) is 10.5. The third-order valence-electron chi connectivity index (χ3n) is 3.63. The van der Waals surface area contributed by atoms with E-state index in [1.807, 2.05) is 0 Å². The summed E-state index contributed by atoms with van der Waals surface area (Å²) in [7, 11) is -4.00. The van der Waals surface area contributed by atoms with Crippen LogP contribution in [0.5, 0.6) is 0 Å². The van der Waals surface area contributed by atoms with Crippen LogP contribution in [0.4, 0.5) is 4.39 Å². The topological polar surface area (TPSA) is 83.5 Å². The van der Waals surface area contributed by atoms with Gasteiger partial charge in [-0.25, -0.2) is 17.5 Å². The lowest BCUT2D eigenvalue weighted by Crippen LogP contribution is -2.38. The van der Waals surface area contributed by atoms with Crippen molar-refractivity contribution in [2.75, 3.05) is 0 Å². The number of halogens is 3. The summed E-state index contributed by atoms with van der Waals surface area (Å²) in [5.74, 6) is -2.04. The molecule has 0 aromatic heterocycles. The Bertz CT molecular complexity index is 664. The number of sulfonamides is 1. The molecule has 1 aliphatic carbocycles. The summed E-state index contributed by atoms with van der Waals surface area (Å²) in [6.45, 7) is 0. The summed E-state index contributed by atoms with van der Waals surface area (Å²) < 4.78 is 40.3. The van der Waals surface area contributed by atoms with Crippen molar-refractivity contribution in [3.8, 4) is 0 Å². The van der Waals surface area contributed by atoms with E-state index in [1.54, 1.807) is 0 Å². The van der Waals surface area contributed by atoms with Crippen LogP contribution in [-0.4, -0.2) is 25.5 Å². The first kappa shape index (κ1) is 17.5. The summed E-state index contributed by atoms with van der Waals surface area (Å²) in [5.41, 5.74) is 0. The van der Waals surface area contributed by atoms with Gasteiger partial charge in [-0.05, 0) is 37.8 Å². The highest BCUT2D eigenvalue weighted by atomic mass is 35.5. The highest BCUT2D eigenvalue weighted by molar-refractivity contribution is 7.89. The van der Waals surface area contributed by atoms with Crippen LogP contribution in [0.3, 0.4) is 0 Å². The zero-order chi connectivity index (χ0) is 16.5. The molecule has 1 aromatic carbocycles. The van der Waals surface area contributed by atoms with Crippen LogP contribution in [0.25, 0.3) is 0 Å². The van der Waals surface area contributed by atoms with E-state index in [9.17, 15) is 17.6 Å². The Morgan fingerprint density at radius 1 is 1.18 bits per heavy atom. The fourth-order valence-electron chi connectivity index (χ4n) is 2.52. The first-order chi connectivity index (χ1) is 10.2. The quantitative estimate of drug-likeness (QED) is 0.853. The van der Waals surface area contributed by atoms with Gasteiger partial charge in [0, 0.05) is 6.04 Å². The van der Waals surface area contributed by atoms with Gasteiger partial charge in [-0.3, -0.25) is 4.79 Å². The van der Waals surface area contributed by atoms with Crippen LogP contribution in [-0.2, 0) is 14.8 Å². The van der Waals surface area contributed by atoms with E-state index in [1.165, 1.54) is 0 Å². The number of carboxylic acids is 1. The minimum absolute atomic E-state index is 0.295. The van der Waals surface area contributed by atoms with Gasteiger partial charge < -0.3 is 5.11 Å². The van der Waals surface area contributed by atoms with E-state index in [2.05, 4.69) is 4.72 Å². The van der Waals surface area contributed by atoms with Gasteiger partial charge in [0.2, 0.25) is 10.0 Å². The molecule has 1 aromatic rings. The first-order valence-electron chi connectivity index (χ1n) is 6.60. The van der Waals surface area contributed by atoms with Crippen molar-refractivity contribution in [2.24, 2.45) is 5.92 Å². The number of benzene rings is 1. The molecule has 0 aliphatic heterocycles. The Hall–Kier alpha value is -0.890. The van der Waals surface area contributed by atoms with E-state index in [4.69, 9.17) is 28.3 Å². The lowest BCUT2D eigenvalue weighted by molar-refractivity contribution is -0.142. The second-order valence-electron chi connectivity index (χ2n) is 5.21. The maximum Gasteiger partial charge on any atom is 0.306 e. The molecular weight excluding hydrogens is 356 g/mol. The highest BCUT2D eigenvalue weighted by Gasteiger charge is 2.30. The standard InChI is InChI=1S/C13H14Cl2FNO4S/c14-10-5-8(16)6-11(15)12(10)22(20,21)17-9-3-1-7(2-4-9)13(18)19/h5-7,9,17H,1-4H2,(H,18,19). The molecule has 0 radical (unpaired) electrons. The number of rotatable bonds is 4. The third kappa shape index (κ3) is 3.90. The van der Waals surface area contributed by atoms with Crippen LogP contribution in [0.15, 0.2) is 17.0 Å². The van der Waals surface area contributed by atoms with Crippen LogP contribution in [0.1, 0.15) is 25.7 Å². The minimum Gasteiger partial charge on any atom is -0.481 e. The van der Waals surface area contributed by atoms with Gasteiger partial charge >= 0.3 is 5.97 Å². The van der Waals surface area contributed by atoms with Crippen molar-refractivity contribution in [3.63, 3.8) is 0 Å². The van der Waals surface area contributed by atoms with Crippen LogP contribution >= 0.6 is 23.2 Å². The smallest absolute Gasteiger partial charge is 0.306 e. The third-order valence-corrected chi connectivity index (χ3v) is 6.07. The van der Waals surface area contributed by atoms with Crippen molar-refractivity contribution in [1.82, 2.24) is 4.72 Å². The number of aliphatic carboxylic acids is 1. The largest absolute Gasteiger partial charge is 0.481 e. The number of hydrogen-bond acceptors (Lipinski definition) is 3. The van der Waals surface area contributed by atoms with E-state index >= 15 is 0 Å². The summed E-state index contributed by atoms with van der Waals surface area (Å²) >= 11 is 11.6. The number of hydrogen-bond donors (Lipinski definition) is 2. The minimum atomic E-state index is -4.00. The average molecular weight is 370 g/mol. The van der Waals surface area contributed by atoms with Crippen LogP contribution in [0, 0.1) is 11.7 Å². The molecular formula is C13H14Cl2FNO4S. The second-order valence-corrected chi connectivity index (χ2v) is 7.67. The van der Waals surface area contributed by atoms with E-state index < -0.39 is 33.8 Å². The van der Waals surface area contributed by atoms with E-state index in [0.717, 1.165) is 12.1 Å². The average Bonchev–Trinajstić information content (AvgIpc) is 2.36. The second kappa shape index (κ2) is 6.70. The summed E-state index contributed by atoms with van der Waals surface area (Å²) in [6.07, 6.45) is 1.61. The first-order valence-corrected chi connectivity index (χ1v) is 8.84. The van der Waals surface area contributed by atoms with E-state index in [0.29, 0.717) is 25.7 Å². The summed E-state index contributed by atoms with van der Waals surface area (Å²) in [6, 6.07) is 1.37. The molecule has 5 nitrogen and oxygen atoms in total. The lowest BCUT2D eigenvalue weighted by Gasteiger charge is -2.26. The zero-order valence-electron chi connectivity index (χ0n) is 11.4. The normalized spacial score (nSPS) is 22.5. The predicted molar refractivity (Wildman–Crippen MR) is 80.1 cm³/mol. The van der Waals surface area contributed by atoms with Gasteiger partial charge in [-0.15, -0.1) is 0 Å². The Morgan fingerprint density at radius 3 is 2.14 bits per heavy atom. The molecule has 0 unspecified atom stereocenters. The van der Waals surface area contributed by atoms with Crippen molar-refractivity contribution in [1.29, 1.82) is 0 Å². The number of carbonyl (C=O) groups is 1. The molecule has 0 atom stereocenters. The molecule has 22 heavy (non-hydrogen) atoms. The number of carboxylic acid groups (broad SMARTS) is 1. The van der Waals surface area contributed by atoms with Crippen molar-refractivity contribution in [2.45, 2.75) is 36.6 Å². The maximum absolute atomic E-state index is 13.1. The van der Waals surface area contributed by atoms with Gasteiger partial charge in [-0.2, -0.15) is 0 Å². The Labute approximate surface area is 137 Å². The molecule has 9 heteroatoms. The van der Waals surface area contributed by atoms with Crippen molar-refractivity contribution < 1.29 is 22.7 Å². The molecule has 1 aliphatic rings. The fourth-order valence-corrected chi connectivity index (χ4v) is 5.02. The Morgan fingerprint density at radius 2 is 1.68 bits per heavy atom. The molecule has 2 N–H and O–H groups in total. The molecule has 0 saturated heterocycles. The van der Waals surface area contributed by atoms with Crippen LogP contribution < -0.4 is 4.72 Å². The van der Waals surface area contributed by atoms with Crippen molar-refractivity contribution >= 4 is 39.2 Å². The molecule has 2 rings (SSSR count). The van der Waals surface area contributed by atoms with Crippen LogP contribution in [0.2, 0.25) is 10.0 Å². The molecule has 0 heterocycles. The molecule has 0 amide bonds. The molecule has 122 valence electrons. The van der Waals surface area contributed by atoms with Gasteiger partial charge in [-0.1, -0.05) is 23.2 Å².